The Morgan fingerprint density at radius 1 is 1.04 bits per heavy atom. The Morgan fingerprint density at radius 2 is 1.65 bits per heavy atom. The van der Waals surface area contributed by atoms with E-state index < -0.39 is 12.1 Å². The highest BCUT2D eigenvalue weighted by molar-refractivity contribution is 6.01. The first-order valence-corrected chi connectivity index (χ1v) is 7.31. The van der Waals surface area contributed by atoms with Gasteiger partial charge in [0.25, 0.3) is 0 Å². The van der Waals surface area contributed by atoms with E-state index in [4.69, 9.17) is 13.9 Å². The van der Waals surface area contributed by atoms with E-state index in [-0.39, 0.29) is 5.78 Å². The summed E-state index contributed by atoms with van der Waals surface area (Å²) in [5.74, 6) is 1.01. The lowest BCUT2D eigenvalue weighted by molar-refractivity contribution is 0.0316. The molecule has 122 valence electrons. The number of carbonyl (C=O) groups excluding carboxylic acids is 2. The Morgan fingerprint density at radius 3 is 2.13 bits per heavy atom. The van der Waals surface area contributed by atoms with Crippen molar-refractivity contribution in [1.82, 2.24) is 0 Å². The maximum atomic E-state index is 12.3. The summed E-state index contributed by atoms with van der Waals surface area (Å²) < 4.78 is 15.8. The van der Waals surface area contributed by atoms with Gasteiger partial charge in [0.15, 0.2) is 6.10 Å². The van der Waals surface area contributed by atoms with Gasteiger partial charge in [0.05, 0.1) is 7.11 Å². The number of hydrogen-bond donors (Lipinski definition) is 0. The highest BCUT2D eigenvalue weighted by Gasteiger charge is 2.25. The van der Waals surface area contributed by atoms with E-state index in [9.17, 15) is 9.59 Å². The molecule has 1 unspecified atom stereocenters. The molecule has 1 aromatic heterocycles. The van der Waals surface area contributed by atoms with Gasteiger partial charge in [0.1, 0.15) is 22.8 Å². The predicted molar refractivity (Wildman–Crippen MR) is 85.1 cm³/mol. The van der Waals surface area contributed by atoms with Crippen LogP contribution in [-0.4, -0.2) is 25.0 Å². The zero-order valence-electron chi connectivity index (χ0n) is 13.9. The lowest BCUT2D eigenvalue weighted by atomic mass is 10.1. The molecule has 5 nitrogen and oxygen atoms in total. The van der Waals surface area contributed by atoms with Crippen molar-refractivity contribution in [2.24, 2.45) is 0 Å². The van der Waals surface area contributed by atoms with E-state index in [2.05, 4.69) is 0 Å². The fraction of sp³-hybridized carbons (Fsp3) is 0.333. The van der Waals surface area contributed by atoms with E-state index >= 15 is 0 Å². The van der Waals surface area contributed by atoms with Gasteiger partial charge in [-0.2, -0.15) is 0 Å². The number of ketones is 1. The van der Waals surface area contributed by atoms with Gasteiger partial charge in [-0.3, -0.25) is 4.79 Å². The molecule has 0 aliphatic rings. The second kappa shape index (κ2) is 6.69. The van der Waals surface area contributed by atoms with Gasteiger partial charge < -0.3 is 13.9 Å². The smallest absolute Gasteiger partial charge is 0.342 e. The number of rotatable bonds is 5. The van der Waals surface area contributed by atoms with Crippen molar-refractivity contribution >= 4 is 11.8 Å². The Hall–Kier alpha value is -2.56. The van der Waals surface area contributed by atoms with Gasteiger partial charge in [0.2, 0.25) is 5.78 Å². The minimum absolute atomic E-state index is 0.267. The first-order chi connectivity index (χ1) is 10.8. The van der Waals surface area contributed by atoms with Crippen LogP contribution in [0, 0.1) is 20.8 Å². The molecule has 5 heteroatoms. The highest BCUT2D eigenvalue weighted by Crippen LogP contribution is 2.22. The highest BCUT2D eigenvalue weighted by atomic mass is 16.5. The molecule has 0 amide bonds. The maximum Gasteiger partial charge on any atom is 0.342 e. The number of carbonyl (C=O) groups is 2. The number of esters is 1. The molecule has 0 saturated heterocycles. The van der Waals surface area contributed by atoms with Crippen LogP contribution in [0.5, 0.6) is 5.75 Å². The monoisotopic (exact) mass is 316 g/mol. The molecule has 0 radical (unpaired) electrons. The average molecular weight is 316 g/mol. The summed E-state index contributed by atoms with van der Waals surface area (Å²) >= 11 is 0. The van der Waals surface area contributed by atoms with Gasteiger partial charge in [-0.1, -0.05) is 0 Å². The van der Waals surface area contributed by atoms with Gasteiger partial charge >= 0.3 is 5.97 Å². The molecule has 0 bridgehead atoms. The Bertz CT molecular complexity index is 725. The number of Topliss-reactive ketones (excluding diaryl/α,β-unsaturated/α-hetero) is 1. The molecule has 2 aromatic rings. The quantitative estimate of drug-likeness (QED) is 0.622. The molecule has 1 heterocycles. The number of hydrogen-bond acceptors (Lipinski definition) is 5. The van der Waals surface area contributed by atoms with Crippen LogP contribution in [0.2, 0.25) is 0 Å². The zero-order chi connectivity index (χ0) is 17.1. The first kappa shape index (κ1) is 16.8. The van der Waals surface area contributed by atoms with Crippen molar-refractivity contribution in [2.45, 2.75) is 33.8 Å². The molecule has 0 N–H and O–H groups in total. The van der Waals surface area contributed by atoms with E-state index in [1.807, 2.05) is 0 Å². The minimum Gasteiger partial charge on any atom is -0.497 e. The van der Waals surface area contributed by atoms with Crippen molar-refractivity contribution in [1.29, 1.82) is 0 Å². The van der Waals surface area contributed by atoms with Crippen molar-refractivity contribution < 1.29 is 23.5 Å². The fourth-order valence-corrected chi connectivity index (χ4v) is 2.36. The van der Waals surface area contributed by atoms with Crippen LogP contribution >= 0.6 is 0 Å². The van der Waals surface area contributed by atoms with Crippen LogP contribution in [0.15, 0.2) is 28.7 Å². The normalized spacial score (nSPS) is 11.9. The largest absolute Gasteiger partial charge is 0.497 e. The molecule has 0 aliphatic carbocycles. The zero-order valence-corrected chi connectivity index (χ0v) is 13.9. The molecule has 0 saturated carbocycles. The average Bonchev–Trinajstić information content (AvgIpc) is 2.79. The van der Waals surface area contributed by atoms with Crippen molar-refractivity contribution in [2.75, 3.05) is 7.11 Å². The Kier molecular flexibility index (Phi) is 4.89. The number of methoxy groups -OCH3 is 1. The van der Waals surface area contributed by atoms with Crippen LogP contribution < -0.4 is 4.74 Å². The number of furan rings is 1. The van der Waals surface area contributed by atoms with Gasteiger partial charge in [-0.05, 0) is 52.0 Å². The molecule has 23 heavy (non-hydrogen) atoms. The molecular formula is C18H20O5. The summed E-state index contributed by atoms with van der Waals surface area (Å²) in [5, 5.41) is 0. The van der Waals surface area contributed by atoms with Crippen molar-refractivity contribution in [3.05, 3.63) is 52.5 Å². The SMILES string of the molecule is COc1ccc(C(=O)C(C)OC(=O)c2c(C)oc(C)c2C)cc1. The van der Waals surface area contributed by atoms with Gasteiger partial charge in [-0.25, -0.2) is 4.79 Å². The van der Waals surface area contributed by atoms with Crippen LogP contribution in [-0.2, 0) is 4.74 Å². The summed E-state index contributed by atoms with van der Waals surface area (Å²) in [5.41, 5.74) is 1.58. The second-order valence-electron chi connectivity index (χ2n) is 5.35. The van der Waals surface area contributed by atoms with Crippen LogP contribution in [0.25, 0.3) is 0 Å². The number of benzene rings is 1. The summed E-state index contributed by atoms with van der Waals surface area (Å²) in [7, 11) is 1.55. The number of ether oxygens (including phenoxy) is 2. The minimum atomic E-state index is -0.884. The molecule has 1 atom stereocenters. The maximum absolute atomic E-state index is 12.3. The van der Waals surface area contributed by atoms with Crippen LogP contribution in [0.4, 0.5) is 0 Å². The number of aryl methyl sites for hydroxylation is 2. The van der Waals surface area contributed by atoms with Gasteiger partial charge in [0, 0.05) is 11.1 Å². The molecule has 0 spiro atoms. The van der Waals surface area contributed by atoms with E-state index in [1.165, 1.54) is 0 Å². The molecular weight excluding hydrogens is 296 g/mol. The summed E-state index contributed by atoms with van der Waals surface area (Å²) in [6, 6.07) is 6.67. The topological polar surface area (TPSA) is 65.7 Å². The van der Waals surface area contributed by atoms with Gasteiger partial charge in [-0.15, -0.1) is 0 Å². The van der Waals surface area contributed by atoms with Crippen molar-refractivity contribution in [3.63, 3.8) is 0 Å². The first-order valence-electron chi connectivity index (χ1n) is 7.31. The Balaban J connectivity index is 2.12. The Labute approximate surface area is 135 Å². The van der Waals surface area contributed by atoms with E-state index in [1.54, 1.807) is 59.1 Å². The molecule has 1 aromatic carbocycles. The third kappa shape index (κ3) is 3.44. The molecule has 2 rings (SSSR count). The third-order valence-corrected chi connectivity index (χ3v) is 3.79. The van der Waals surface area contributed by atoms with E-state index in [0.717, 1.165) is 5.56 Å². The predicted octanol–water partition coefficient (Wildman–Crippen LogP) is 3.64. The third-order valence-electron chi connectivity index (χ3n) is 3.79. The fourth-order valence-electron chi connectivity index (χ4n) is 2.36. The second-order valence-corrected chi connectivity index (χ2v) is 5.35. The lowest BCUT2D eigenvalue weighted by Crippen LogP contribution is -2.24. The summed E-state index contributed by atoms with van der Waals surface area (Å²) in [4.78, 5) is 24.6. The standard InChI is InChI=1S/C18H20O5/c1-10-11(2)22-12(3)16(10)18(20)23-13(4)17(19)14-6-8-15(21-5)9-7-14/h6-9,13H,1-5H3. The summed E-state index contributed by atoms with van der Waals surface area (Å²) in [6.45, 7) is 6.83. The lowest BCUT2D eigenvalue weighted by Gasteiger charge is -2.12. The van der Waals surface area contributed by atoms with E-state index in [0.29, 0.717) is 28.4 Å². The van der Waals surface area contributed by atoms with Crippen molar-refractivity contribution in [3.8, 4) is 5.75 Å². The van der Waals surface area contributed by atoms with Crippen LogP contribution in [0.3, 0.4) is 0 Å². The molecule has 0 fully saturated rings. The summed E-state index contributed by atoms with van der Waals surface area (Å²) in [6.07, 6.45) is -0.884. The molecule has 0 aliphatic heterocycles. The van der Waals surface area contributed by atoms with Crippen LogP contribution in [0.1, 0.15) is 44.7 Å².